The number of aliphatic hydroxyl groups is 1. The molecular formula is C36H39FN4O5Si. The van der Waals surface area contributed by atoms with E-state index in [1.165, 1.54) is 4.68 Å². The Bertz CT molecular complexity index is 1970. The van der Waals surface area contributed by atoms with Crippen LogP contribution in [-0.2, 0) is 32.9 Å². The number of aromatic amines is 1. The Labute approximate surface area is 273 Å². The number of nitrogens with zero attached hydrogens (tertiary/aromatic N) is 3. The molecule has 0 aliphatic carbocycles. The van der Waals surface area contributed by atoms with Gasteiger partial charge in [-0.2, -0.15) is 0 Å². The second kappa shape index (κ2) is 11.4. The van der Waals surface area contributed by atoms with Crippen LogP contribution in [-0.4, -0.2) is 65.3 Å². The Balaban J connectivity index is 1.30. The van der Waals surface area contributed by atoms with E-state index in [0.29, 0.717) is 40.8 Å². The van der Waals surface area contributed by atoms with Gasteiger partial charge in [0.1, 0.15) is 0 Å². The van der Waals surface area contributed by atoms with E-state index in [2.05, 4.69) is 11.7 Å². The maximum atomic E-state index is 16.4. The third-order valence-corrected chi connectivity index (χ3v) is 12.8. The summed E-state index contributed by atoms with van der Waals surface area (Å²) in [4.78, 5) is 45.2. The Morgan fingerprint density at radius 3 is 2.55 bits per heavy atom. The average molecular weight is 655 g/mol. The van der Waals surface area contributed by atoms with Crippen molar-refractivity contribution in [3.8, 4) is 5.69 Å². The summed E-state index contributed by atoms with van der Waals surface area (Å²) in [5.41, 5.74) is 1.95. The number of fused-ring (bicyclic) bond motifs is 4. The fraction of sp³-hybridized carbons (Fsp3) is 0.361. The molecule has 1 spiro atoms. The fourth-order valence-corrected chi connectivity index (χ4v) is 10.8. The highest BCUT2D eigenvalue weighted by molar-refractivity contribution is 6.72. The molecule has 0 saturated carbocycles. The van der Waals surface area contributed by atoms with Gasteiger partial charge in [-0.05, 0) is 61.0 Å². The van der Waals surface area contributed by atoms with Crippen LogP contribution in [0.1, 0.15) is 30.0 Å². The molecule has 3 aliphatic rings. The largest absolute Gasteiger partial charge is 0.394 e. The number of rotatable bonds is 7. The first-order valence-corrected chi connectivity index (χ1v) is 19.1. The van der Waals surface area contributed by atoms with Crippen molar-refractivity contribution < 1.29 is 23.5 Å². The number of aliphatic hydroxyl groups excluding tert-OH is 1. The molecule has 1 saturated heterocycles. The molecule has 47 heavy (non-hydrogen) atoms. The third kappa shape index (κ3) is 4.82. The van der Waals surface area contributed by atoms with Crippen LogP contribution >= 0.6 is 0 Å². The highest BCUT2D eigenvalue weighted by atomic mass is 28.4. The molecule has 2 amide bonds. The molecule has 1 aromatic heterocycles. The minimum absolute atomic E-state index is 0.124. The maximum absolute atomic E-state index is 16.4. The standard InChI is InChI=1S/C36H39FN4O5Si/c1-5-16-39-30-15-14-25(41-34(44)27-12-8-9-13-29(27)38-41)18-28(30)36(35(39)45)22(2)33(47(3,4)37)31(46-36)19-32(43)40-20-24-11-7-6-10-23(24)17-26(40)21-42/h5-15,18,22,26,31,33,38,42H,1,16-17,19-21H2,2-4H3/t22-,26-,31+,33-,36+/m0/s1. The summed E-state index contributed by atoms with van der Waals surface area (Å²) in [6.07, 6.45) is 1.16. The van der Waals surface area contributed by atoms with Crippen LogP contribution in [0.25, 0.3) is 16.6 Å². The van der Waals surface area contributed by atoms with E-state index < -0.39 is 37.6 Å². The Morgan fingerprint density at radius 1 is 1.13 bits per heavy atom. The van der Waals surface area contributed by atoms with Crippen molar-refractivity contribution >= 4 is 36.8 Å². The fourth-order valence-electron chi connectivity index (χ4n) is 8.26. The van der Waals surface area contributed by atoms with Crippen LogP contribution in [0, 0.1) is 5.92 Å². The number of carbonyl (C=O) groups is 2. The molecule has 0 radical (unpaired) electrons. The van der Waals surface area contributed by atoms with Crippen molar-refractivity contribution in [2.75, 3.05) is 18.1 Å². The molecule has 9 nitrogen and oxygen atoms in total. The predicted molar refractivity (Wildman–Crippen MR) is 181 cm³/mol. The van der Waals surface area contributed by atoms with Crippen molar-refractivity contribution in [3.05, 3.63) is 106 Å². The molecule has 3 aromatic carbocycles. The highest BCUT2D eigenvalue weighted by Crippen LogP contribution is 2.60. The van der Waals surface area contributed by atoms with E-state index in [4.69, 9.17) is 4.74 Å². The molecular weight excluding hydrogens is 616 g/mol. The number of hydrogen-bond donors (Lipinski definition) is 2. The lowest BCUT2D eigenvalue weighted by Crippen LogP contribution is -2.48. The highest BCUT2D eigenvalue weighted by Gasteiger charge is 2.67. The number of ether oxygens (including phenoxy) is 1. The van der Waals surface area contributed by atoms with E-state index in [9.17, 15) is 19.5 Å². The Kier molecular flexibility index (Phi) is 7.61. The first-order valence-electron chi connectivity index (χ1n) is 16.1. The third-order valence-electron chi connectivity index (χ3n) is 10.4. The van der Waals surface area contributed by atoms with E-state index >= 15 is 4.11 Å². The van der Waals surface area contributed by atoms with E-state index in [-0.39, 0.29) is 36.9 Å². The van der Waals surface area contributed by atoms with E-state index in [0.717, 1.165) is 11.1 Å². The summed E-state index contributed by atoms with van der Waals surface area (Å²) in [6, 6.07) is 20.0. The number of nitrogens with one attached hydrogen (secondary N) is 1. The molecule has 5 atom stereocenters. The molecule has 11 heteroatoms. The second-order valence-electron chi connectivity index (χ2n) is 13.5. The van der Waals surface area contributed by atoms with Gasteiger partial charge in [-0.1, -0.05) is 49.4 Å². The minimum atomic E-state index is -3.54. The van der Waals surface area contributed by atoms with Crippen molar-refractivity contribution in [1.82, 2.24) is 14.7 Å². The van der Waals surface area contributed by atoms with Crippen LogP contribution < -0.4 is 10.5 Å². The number of amides is 2. The van der Waals surface area contributed by atoms with Crippen LogP contribution in [0.4, 0.5) is 9.80 Å². The molecule has 4 heterocycles. The lowest BCUT2D eigenvalue weighted by molar-refractivity contribution is -0.150. The van der Waals surface area contributed by atoms with Gasteiger partial charge in [0.15, 0.2) is 5.60 Å². The number of halogens is 1. The molecule has 244 valence electrons. The number of carbonyl (C=O) groups excluding carboxylic acids is 2. The van der Waals surface area contributed by atoms with Gasteiger partial charge in [0, 0.05) is 30.1 Å². The number of H-pyrrole nitrogens is 1. The number of anilines is 1. The molecule has 3 aliphatic heterocycles. The average Bonchev–Trinajstić information content (AvgIpc) is 3.63. The van der Waals surface area contributed by atoms with Gasteiger partial charge in [0.05, 0.1) is 47.5 Å². The van der Waals surface area contributed by atoms with Crippen molar-refractivity contribution in [2.45, 2.75) is 62.7 Å². The SMILES string of the molecule is C=CCN1C(=O)[C@]2(O[C@H](CC(=O)N3Cc4ccccc4C[C@H]3CO)[C@@H]([Si](C)(C)F)[C@@H]2C)c2cc(-n3[nH]c4ccccc4c3=O)ccc21. The first kappa shape index (κ1) is 31.3. The molecule has 1 fully saturated rings. The topological polar surface area (TPSA) is 108 Å². The smallest absolute Gasteiger partial charge is 0.279 e. The van der Waals surface area contributed by atoms with Crippen LogP contribution in [0.3, 0.4) is 0 Å². The summed E-state index contributed by atoms with van der Waals surface area (Å²) in [6.45, 7) is 9.25. The monoisotopic (exact) mass is 654 g/mol. The van der Waals surface area contributed by atoms with E-state index in [1.54, 1.807) is 59.3 Å². The zero-order valence-corrected chi connectivity index (χ0v) is 27.8. The maximum Gasteiger partial charge on any atom is 0.279 e. The lowest BCUT2D eigenvalue weighted by Gasteiger charge is -2.37. The number of aromatic nitrogens is 2. The van der Waals surface area contributed by atoms with Crippen molar-refractivity contribution in [1.29, 1.82) is 0 Å². The van der Waals surface area contributed by atoms with Gasteiger partial charge in [0.2, 0.25) is 14.3 Å². The zero-order valence-electron chi connectivity index (χ0n) is 26.8. The first-order chi connectivity index (χ1) is 22.5. The van der Waals surface area contributed by atoms with Gasteiger partial charge >= 0.3 is 0 Å². The lowest BCUT2D eigenvalue weighted by atomic mass is 9.82. The summed E-state index contributed by atoms with van der Waals surface area (Å²) < 4.78 is 24.7. The quantitative estimate of drug-likeness (QED) is 0.166. The van der Waals surface area contributed by atoms with Crippen LogP contribution in [0.5, 0.6) is 0 Å². The molecule has 0 bridgehead atoms. The van der Waals surface area contributed by atoms with Gasteiger partial charge in [-0.15, -0.1) is 6.58 Å². The van der Waals surface area contributed by atoms with Crippen LogP contribution in [0.2, 0.25) is 18.6 Å². The number of benzene rings is 3. The molecule has 7 rings (SSSR count). The normalized spacial score (nSPS) is 25.4. The zero-order chi connectivity index (χ0) is 33.2. The Hall–Kier alpha value is -4.32. The predicted octanol–water partition coefficient (Wildman–Crippen LogP) is 4.96. The molecule has 2 N–H and O–H groups in total. The van der Waals surface area contributed by atoms with Crippen molar-refractivity contribution in [3.63, 3.8) is 0 Å². The Morgan fingerprint density at radius 2 is 1.85 bits per heavy atom. The van der Waals surface area contributed by atoms with Crippen LogP contribution in [0.15, 0.2) is 84.2 Å². The second-order valence-corrected chi connectivity index (χ2v) is 17.3. The van der Waals surface area contributed by atoms with Gasteiger partial charge in [0.25, 0.3) is 11.5 Å². The number of para-hydroxylation sites is 1. The summed E-state index contributed by atoms with van der Waals surface area (Å²) >= 11 is 0. The van der Waals surface area contributed by atoms with Gasteiger partial charge < -0.3 is 23.8 Å². The molecule has 0 unspecified atom stereocenters. The minimum Gasteiger partial charge on any atom is -0.394 e. The van der Waals surface area contributed by atoms with E-state index in [1.807, 2.05) is 43.3 Å². The van der Waals surface area contributed by atoms with Gasteiger partial charge in [-0.3, -0.25) is 19.5 Å². The summed E-state index contributed by atoms with van der Waals surface area (Å²) in [5.74, 6) is -1.19. The van der Waals surface area contributed by atoms with Gasteiger partial charge in [-0.25, -0.2) is 4.68 Å². The summed E-state index contributed by atoms with van der Waals surface area (Å²) in [5, 5.41) is 13.9. The molecule has 4 aromatic rings. The number of hydrogen-bond acceptors (Lipinski definition) is 5. The summed E-state index contributed by atoms with van der Waals surface area (Å²) in [7, 11) is -3.54. The van der Waals surface area contributed by atoms with Crippen molar-refractivity contribution in [2.24, 2.45) is 5.92 Å².